The summed E-state index contributed by atoms with van der Waals surface area (Å²) in [6.07, 6.45) is 65.9. The molecule has 0 aliphatic rings. The van der Waals surface area contributed by atoms with Gasteiger partial charge in [0, 0.05) is 25.7 Å². The lowest BCUT2D eigenvalue weighted by atomic mass is 9.99. The maximum absolute atomic E-state index is 13.1. The highest BCUT2D eigenvalue weighted by molar-refractivity contribution is 7.47. The van der Waals surface area contributed by atoms with Gasteiger partial charge in [-0.2, -0.15) is 0 Å². The van der Waals surface area contributed by atoms with E-state index < -0.39 is 97.5 Å². The van der Waals surface area contributed by atoms with Crippen molar-refractivity contribution in [2.24, 2.45) is 11.8 Å². The molecule has 101 heavy (non-hydrogen) atoms. The van der Waals surface area contributed by atoms with Crippen molar-refractivity contribution in [3.05, 3.63) is 24.3 Å². The number of rotatable bonds is 79. The summed E-state index contributed by atoms with van der Waals surface area (Å²) in [6, 6.07) is 0. The summed E-state index contributed by atoms with van der Waals surface area (Å²) in [5.41, 5.74) is 0. The predicted molar refractivity (Wildman–Crippen MR) is 414 cm³/mol. The normalized spacial score (nSPS) is 14.3. The summed E-state index contributed by atoms with van der Waals surface area (Å²) in [5.74, 6) is -0.570. The first-order chi connectivity index (χ1) is 48.9. The lowest BCUT2D eigenvalue weighted by Crippen LogP contribution is -2.30. The van der Waals surface area contributed by atoms with Gasteiger partial charge in [-0.3, -0.25) is 37.3 Å². The molecule has 0 rings (SSSR count). The van der Waals surface area contributed by atoms with Crippen LogP contribution < -0.4 is 0 Å². The third kappa shape index (κ3) is 74.2. The Bertz CT molecular complexity index is 2040. The number of carbonyl (C=O) groups is 4. The lowest BCUT2D eigenvalue weighted by molar-refractivity contribution is -0.161. The topological polar surface area (TPSA) is 237 Å². The van der Waals surface area contributed by atoms with Gasteiger partial charge in [0.25, 0.3) is 0 Å². The minimum absolute atomic E-state index is 0.0846. The van der Waals surface area contributed by atoms with Crippen molar-refractivity contribution >= 4 is 39.5 Å². The van der Waals surface area contributed by atoms with Crippen molar-refractivity contribution in [1.29, 1.82) is 0 Å². The Morgan fingerprint density at radius 2 is 0.584 bits per heavy atom. The molecule has 0 bridgehead atoms. The Hall–Kier alpha value is -2.46. The first-order valence-electron chi connectivity index (χ1n) is 41.8. The Kier molecular flexibility index (Phi) is 71.3. The second-order valence-electron chi connectivity index (χ2n) is 29.5. The summed E-state index contributed by atoms with van der Waals surface area (Å²) in [5, 5.41) is 10.6. The number of aliphatic hydroxyl groups excluding tert-OH is 1. The van der Waals surface area contributed by atoms with E-state index in [4.69, 9.17) is 37.0 Å². The van der Waals surface area contributed by atoms with Crippen LogP contribution in [-0.2, 0) is 65.4 Å². The van der Waals surface area contributed by atoms with E-state index in [1.165, 1.54) is 205 Å². The molecule has 6 atom stereocenters. The van der Waals surface area contributed by atoms with Crippen LogP contribution in [-0.4, -0.2) is 96.7 Å². The minimum Gasteiger partial charge on any atom is -0.462 e. The van der Waals surface area contributed by atoms with E-state index in [-0.39, 0.29) is 25.7 Å². The zero-order valence-electron chi connectivity index (χ0n) is 65.7. The molecule has 0 radical (unpaired) electrons. The lowest BCUT2D eigenvalue weighted by Gasteiger charge is -2.21. The summed E-state index contributed by atoms with van der Waals surface area (Å²) in [6.45, 7) is 9.59. The van der Waals surface area contributed by atoms with Gasteiger partial charge in [0.2, 0.25) is 0 Å². The number of ether oxygens (including phenoxy) is 4. The van der Waals surface area contributed by atoms with Crippen LogP contribution in [0.5, 0.6) is 0 Å². The fourth-order valence-electron chi connectivity index (χ4n) is 12.1. The van der Waals surface area contributed by atoms with Gasteiger partial charge in [-0.25, -0.2) is 9.13 Å². The van der Waals surface area contributed by atoms with E-state index in [2.05, 4.69) is 65.8 Å². The third-order valence-corrected chi connectivity index (χ3v) is 20.8. The molecule has 0 amide bonds. The Morgan fingerprint density at radius 3 is 0.891 bits per heavy atom. The van der Waals surface area contributed by atoms with Crippen LogP contribution >= 0.6 is 15.6 Å². The third-order valence-electron chi connectivity index (χ3n) is 18.9. The monoisotopic (exact) mass is 1480 g/mol. The van der Waals surface area contributed by atoms with Gasteiger partial charge in [0.05, 0.1) is 26.4 Å². The highest BCUT2D eigenvalue weighted by Gasteiger charge is 2.30. The number of aliphatic hydroxyl groups is 1. The van der Waals surface area contributed by atoms with Gasteiger partial charge < -0.3 is 33.8 Å². The van der Waals surface area contributed by atoms with Crippen molar-refractivity contribution < 1.29 is 80.2 Å². The quantitative estimate of drug-likeness (QED) is 0.0169. The van der Waals surface area contributed by atoms with Crippen molar-refractivity contribution in [3.63, 3.8) is 0 Å². The number of esters is 4. The van der Waals surface area contributed by atoms with Crippen LogP contribution in [0.4, 0.5) is 0 Å². The molecular formula is C82H156O17P2. The molecule has 596 valence electrons. The van der Waals surface area contributed by atoms with Crippen LogP contribution in [0, 0.1) is 11.8 Å². The zero-order valence-corrected chi connectivity index (χ0v) is 67.5. The highest BCUT2D eigenvalue weighted by atomic mass is 31.2. The van der Waals surface area contributed by atoms with Crippen molar-refractivity contribution in [3.8, 4) is 0 Å². The molecule has 0 aromatic carbocycles. The van der Waals surface area contributed by atoms with Crippen LogP contribution in [0.2, 0.25) is 0 Å². The van der Waals surface area contributed by atoms with Gasteiger partial charge in [0.15, 0.2) is 12.2 Å². The molecule has 19 heteroatoms. The van der Waals surface area contributed by atoms with E-state index >= 15 is 0 Å². The molecule has 0 saturated heterocycles. The molecule has 17 nitrogen and oxygen atoms in total. The second-order valence-corrected chi connectivity index (χ2v) is 32.5. The Balaban J connectivity index is 5.29. The molecule has 0 aliphatic heterocycles. The van der Waals surface area contributed by atoms with Gasteiger partial charge in [-0.15, -0.1) is 0 Å². The Morgan fingerprint density at radius 1 is 0.327 bits per heavy atom. The molecular weight excluding hydrogens is 1320 g/mol. The van der Waals surface area contributed by atoms with E-state index in [1.807, 2.05) is 0 Å². The molecule has 0 heterocycles. The summed E-state index contributed by atoms with van der Waals surface area (Å²) in [4.78, 5) is 73.1. The standard InChI is InChI=1S/C82H156O17P2/c1-7-10-12-14-16-18-20-22-24-25-27-31-35-39-46-52-58-64-79(84)92-70-77(98-81(86)67-61-55-49-41-37-33-29-28-30-34-38-45-51-57-63-75(6)9-3)72-96-100(88,89)94-68-76(83)69-95-101(90,91)97-73-78(71-93-80(85)65-59-53-47-43-42-44-50-56-62-74(4)5)99-82(87)66-60-54-48-40-36-32-26-23-21-19-17-15-13-11-8-2/h19,21,23,26,74-78,83H,7-18,20,22,24-25,27-73H2,1-6H3,(H,88,89)(H,90,91)/b21-19-,26-23-/t75?,76-,77-,78-/m1/s1. The van der Waals surface area contributed by atoms with Crippen LogP contribution in [0.3, 0.4) is 0 Å². The van der Waals surface area contributed by atoms with E-state index in [9.17, 15) is 43.2 Å². The summed E-state index contributed by atoms with van der Waals surface area (Å²) in [7, 11) is -9.93. The number of hydrogen-bond acceptors (Lipinski definition) is 15. The number of allylic oxidation sites excluding steroid dienone is 4. The summed E-state index contributed by atoms with van der Waals surface area (Å²) >= 11 is 0. The first kappa shape index (κ1) is 98.5. The number of phosphoric ester groups is 2. The van der Waals surface area contributed by atoms with E-state index in [0.29, 0.717) is 25.7 Å². The molecule has 0 saturated carbocycles. The number of unbranched alkanes of at least 4 members (excludes halogenated alkanes) is 45. The minimum atomic E-state index is -4.97. The smallest absolute Gasteiger partial charge is 0.462 e. The highest BCUT2D eigenvalue weighted by Crippen LogP contribution is 2.45. The predicted octanol–water partition coefficient (Wildman–Crippen LogP) is 24.2. The molecule has 0 aromatic rings. The molecule has 0 fully saturated rings. The second kappa shape index (κ2) is 73.1. The van der Waals surface area contributed by atoms with Gasteiger partial charge in [0.1, 0.15) is 19.3 Å². The van der Waals surface area contributed by atoms with Crippen molar-refractivity contribution in [2.75, 3.05) is 39.6 Å². The number of phosphoric acid groups is 2. The fourth-order valence-corrected chi connectivity index (χ4v) is 13.7. The maximum Gasteiger partial charge on any atom is 0.472 e. The van der Waals surface area contributed by atoms with E-state index in [1.54, 1.807) is 0 Å². The van der Waals surface area contributed by atoms with E-state index in [0.717, 1.165) is 121 Å². The molecule has 0 aliphatic carbocycles. The van der Waals surface area contributed by atoms with Crippen molar-refractivity contribution in [1.82, 2.24) is 0 Å². The van der Waals surface area contributed by atoms with Crippen LogP contribution in [0.15, 0.2) is 24.3 Å². The molecule has 3 N–H and O–H groups in total. The van der Waals surface area contributed by atoms with Gasteiger partial charge in [-0.1, -0.05) is 355 Å². The zero-order chi connectivity index (χ0) is 74.2. The van der Waals surface area contributed by atoms with Crippen LogP contribution in [0.1, 0.15) is 408 Å². The first-order valence-corrected chi connectivity index (χ1v) is 44.8. The van der Waals surface area contributed by atoms with Crippen LogP contribution in [0.25, 0.3) is 0 Å². The fraction of sp³-hybridized carbons (Fsp3) is 0.902. The number of hydrogen-bond donors (Lipinski definition) is 3. The Labute approximate surface area is 618 Å². The SMILES string of the molecule is CCCCCC/C=C\C=C/CCCCCCCC(=O)O[C@H](COC(=O)CCCCCCCCCCC(C)C)COP(=O)(O)OC[C@H](O)COP(=O)(O)OC[C@@H](COC(=O)CCCCCCCCCCCCCCCCCCC)OC(=O)CCCCCCCCCCCCCCCCC(C)CC. The largest absolute Gasteiger partial charge is 0.472 e. The average molecular weight is 1480 g/mol. The molecule has 0 spiro atoms. The maximum atomic E-state index is 13.1. The number of carbonyl (C=O) groups excluding carboxylic acids is 4. The molecule has 0 aromatic heterocycles. The molecule has 3 unspecified atom stereocenters. The average Bonchev–Trinajstić information content (AvgIpc) is 0.985. The van der Waals surface area contributed by atoms with Gasteiger partial charge in [-0.05, 0) is 63.2 Å². The summed E-state index contributed by atoms with van der Waals surface area (Å²) < 4.78 is 68.7. The van der Waals surface area contributed by atoms with Crippen molar-refractivity contribution in [2.45, 2.75) is 426 Å². The van der Waals surface area contributed by atoms with Gasteiger partial charge >= 0.3 is 39.5 Å².